The molecular weight excluding hydrogens is 337 g/mol. The van der Waals surface area contributed by atoms with E-state index in [1.807, 2.05) is 0 Å². The molecular formula is C17H22FN7O. The number of aliphatic imine (C=N–C) groups is 2. The highest BCUT2D eigenvalue weighted by Gasteiger charge is 2.22. The molecule has 9 heteroatoms. The Hall–Kier alpha value is -3.36. The van der Waals surface area contributed by atoms with Gasteiger partial charge in [0.1, 0.15) is 17.3 Å². The van der Waals surface area contributed by atoms with Gasteiger partial charge in [0.2, 0.25) is 0 Å². The molecule has 8 N–H and O–H groups in total. The maximum absolute atomic E-state index is 14.4. The summed E-state index contributed by atoms with van der Waals surface area (Å²) < 4.78 is 14.4. The summed E-state index contributed by atoms with van der Waals surface area (Å²) in [6, 6.07) is 3.86. The van der Waals surface area contributed by atoms with E-state index in [1.54, 1.807) is 13.1 Å². The van der Waals surface area contributed by atoms with E-state index in [1.165, 1.54) is 29.4 Å². The summed E-state index contributed by atoms with van der Waals surface area (Å²) in [5, 5.41) is 0. The average molecular weight is 359 g/mol. The number of carbonyl (C=O) groups is 1. The average Bonchev–Trinajstić information content (AvgIpc) is 2.61. The second kappa shape index (κ2) is 8.15. The summed E-state index contributed by atoms with van der Waals surface area (Å²) in [4.78, 5) is 20.7. The molecule has 0 spiro atoms. The molecule has 1 aliphatic rings. The summed E-state index contributed by atoms with van der Waals surface area (Å²) >= 11 is 0. The number of amidine groups is 1. The molecule has 0 saturated carbocycles. The molecule has 0 bridgehead atoms. The molecule has 0 unspecified atom stereocenters. The predicted molar refractivity (Wildman–Crippen MR) is 101 cm³/mol. The van der Waals surface area contributed by atoms with Crippen molar-refractivity contribution >= 4 is 29.3 Å². The van der Waals surface area contributed by atoms with Gasteiger partial charge in [-0.25, -0.2) is 14.2 Å². The van der Waals surface area contributed by atoms with Gasteiger partial charge >= 0.3 is 6.03 Å². The van der Waals surface area contributed by atoms with Crippen LogP contribution in [0.2, 0.25) is 0 Å². The lowest BCUT2D eigenvalue weighted by Gasteiger charge is -2.27. The molecule has 0 saturated heterocycles. The second-order valence-corrected chi connectivity index (χ2v) is 5.69. The highest BCUT2D eigenvalue weighted by atomic mass is 19.1. The number of hydrogen-bond acceptors (Lipinski definition) is 5. The molecule has 1 aliphatic heterocycles. The van der Waals surface area contributed by atoms with E-state index in [9.17, 15) is 9.18 Å². The standard InChI is InChI=1S/C17H22FN7O/c1-23-8-11(7-19)10-2-3-15(13(18)6-10)24-16(21)12-9-25(17(22)26)5-4-14(12)20/h2-3,6-8H,4-5,9,19-20H2,1H3,(H2,21,24)(H2,22,26). The lowest BCUT2D eigenvalue weighted by Crippen LogP contribution is -2.43. The molecule has 0 radical (unpaired) electrons. The van der Waals surface area contributed by atoms with Crippen molar-refractivity contribution in [2.45, 2.75) is 6.42 Å². The van der Waals surface area contributed by atoms with Crippen molar-refractivity contribution < 1.29 is 9.18 Å². The second-order valence-electron chi connectivity index (χ2n) is 5.69. The molecule has 26 heavy (non-hydrogen) atoms. The van der Waals surface area contributed by atoms with Crippen LogP contribution in [0.4, 0.5) is 14.9 Å². The predicted octanol–water partition coefficient (Wildman–Crippen LogP) is 0.812. The summed E-state index contributed by atoms with van der Waals surface area (Å²) in [6.07, 6.45) is 3.29. The van der Waals surface area contributed by atoms with Crippen LogP contribution >= 0.6 is 0 Å². The Balaban J connectivity index is 2.33. The number of urea groups is 1. The van der Waals surface area contributed by atoms with Crippen LogP contribution in [0.3, 0.4) is 0 Å². The summed E-state index contributed by atoms with van der Waals surface area (Å²) in [7, 11) is 1.59. The van der Waals surface area contributed by atoms with Crippen molar-refractivity contribution in [3.8, 4) is 0 Å². The molecule has 0 aliphatic carbocycles. The van der Waals surface area contributed by atoms with Crippen LogP contribution in [0.5, 0.6) is 0 Å². The van der Waals surface area contributed by atoms with Crippen molar-refractivity contribution in [3.05, 3.63) is 47.0 Å². The zero-order valence-electron chi connectivity index (χ0n) is 14.4. The van der Waals surface area contributed by atoms with E-state index in [-0.39, 0.29) is 18.1 Å². The van der Waals surface area contributed by atoms with Gasteiger partial charge in [0.05, 0.1) is 6.54 Å². The lowest BCUT2D eigenvalue weighted by atomic mass is 10.1. The molecule has 138 valence electrons. The maximum atomic E-state index is 14.4. The van der Waals surface area contributed by atoms with E-state index in [4.69, 9.17) is 22.9 Å². The summed E-state index contributed by atoms with van der Waals surface area (Å²) in [5.74, 6) is -0.527. The maximum Gasteiger partial charge on any atom is 0.315 e. The normalized spacial score (nSPS) is 16.5. The number of carbonyl (C=O) groups excluding carboxylic acids is 1. The fourth-order valence-electron chi connectivity index (χ4n) is 2.54. The van der Waals surface area contributed by atoms with Gasteiger partial charge in [-0.2, -0.15) is 0 Å². The van der Waals surface area contributed by atoms with Gasteiger partial charge in [-0.1, -0.05) is 6.07 Å². The van der Waals surface area contributed by atoms with Gasteiger partial charge in [-0.15, -0.1) is 0 Å². The minimum Gasteiger partial charge on any atom is -0.404 e. The van der Waals surface area contributed by atoms with Crippen molar-refractivity contribution in [3.63, 3.8) is 0 Å². The third kappa shape index (κ3) is 4.18. The fourth-order valence-corrected chi connectivity index (χ4v) is 2.54. The van der Waals surface area contributed by atoms with Gasteiger partial charge in [0, 0.05) is 49.3 Å². The highest BCUT2D eigenvalue weighted by molar-refractivity contribution is 6.09. The van der Waals surface area contributed by atoms with E-state index < -0.39 is 11.8 Å². The Morgan fingerprint density at radius 2 is 2.08 bits per heavy atom. The van der Waals surface area contributed by atoms with Crippen molar-refractivity contribution in [2.24, 2.45) is 32.9 Å². The number of primary amides is 1. The van der Waals surface area contributed by atoms with Crippen LogP contribution in [0.25, 0.3) is 5.57 Å². The largest absolute Gasteiger partial charge is 0.404 e. The number of benzene rings is 1. The smallest absolute Gasteiger partial charge is 0.315 e. The number of hydrogen-bond donors (Lipinski definition) is 4. The van der Waals surface area contributed by atoms with Crippen LogP contribution in [0.1, 0.15) is 12.0 Å². The van der Waals surface area contributed by atoms with Gasteiger partial charge in [0.25, 0.3) is 0 Å². The first-order valence-electron chi connectivity index (χ1n) is 7.87. The zero-order valence-corrected chi connectivity index (χ0v) is 14.4. The van der Waals surface area contributed by atoms with Gasteiger partial charge in [-0.05, 0) is 17.7 Å². The Morgan fingerprint density at radius 3 is 2.65 bits per heavy atom. The molecule has 8 nitrogen and oxygen atoms in total. The minimum atomic E-state index is -0.573. The van der Waals surface area contributed by atoms with Gasteiger partial charge in [-0.3, -0.25) is 4.99 Å². The van der Waals surface area contributed by atoms with Crippen LogP contribution in [-0.4, -0.2) is 43.1 Å². The van der Waals surface area contributed by atoms with Crippen LogP contribution < -0.4 is 22.9 Å². The van der Waals surface area contributed by atoms with Crippen LogP contribution in [0.15, 0.2) is 45.7 Å². The Bertz CT molecular complexity index is 826. The van der Waals surface area contributed by atoms with Gasteiger partial charge < -0.3 is 27.8 Å². The van der Waals surface area contributed by atoms with Crippen LogP contribution in [0, 0.1) is 5.82 Å². The fraction of sp³-hybridized carbons (Fsp3) is 0.235. The van der Waals surface area contributed by atoms with E-state index in [0.717, 1.165) is 0 Å². The third-order valence-corrected chi connectivity index (χ3v) is 3.98. The molecule has 1 heterocycles. The van der Waals surface area contributed by atoms with E-state index in [2.05, 4.69) is 9.98 Å². The SMILES string of the molecule is CN=CC(=CN)c1ccc(N=C(N)C2=C(N)CCN(C(N)=O)C2)c(F)c1. The quantitative estimate of drug-likeness (QED) is 0.465. The van der Waals surface area contributed by atoms with Gasteiger partial charge in [0.15, 0.2) is 0 Å². The number of rotatable bonds is 4. The number of halogens is 1. The van der Waals surface area contributed by atoms with E-state index in [0.29, 0.717) is 35.4 Å². The van der Waals surface area contributed by atoms with E-state index >= 15 is 0 Å². The van der Waals surface area contributed by atoms with Crippen molar-refractivity contribution in [1.29, 1.82) is 0 Å². The molecule has 2 rings (SSSR count). The Kier molecular flexibility index (Phi) is 5.94. The third-order valence-electron chi connectivity index (χ3n) is 3.98. The number of amides is 2. The van der Waals surface area contributed by atoms with Crippen molar-refractivity contribution in [2.75, 3.05) is 20.1 Å². The highest BCUT2D eigenvalue weighted by Crippen LogP contribution is 2.24. The first-order valence-corrected chi connectivity index (χ1v) is 7.87. The molecule has 2 amide bonds. The molecule has 1 aromatic rings. The Labute approximate surface area is 150 Å². The lowest BCUT2D eigenvalue weighted by molar-refractivity contribution is 0.210. The zero-order chi connectivity index (χ0) is 19.3. The molecule has 1 aromatic carbocycles. The topological polar surface area (TPSA) is 149 Å². The molecule has 0 aromatic heterocycles. The minimum absolute atomic E-state index is 0.0461. The molecule has 0 fully saturated rings. The first-order chi connectivity index (χ1) is 12.4. The monoisotopic (exact) mass is 359 g/mol. The summed E-state index contributed by atoms with van der Waals surface area (Å²) in [5.41, 5.74) is 24.9. The Morgan fingerprint density at radius 1 is 1.35 bits per heavy atom. The summed E-state index contributed by atoms with van der Waals surface area (Å²) in [6.45, 7) is 0.553. The van der Waals surface area contributed by atoms with Crippen LogP contribution in [-0.2, 0) is 0 Å². The molecule has 0 atom stereocenters. The number of allylic oxidation sites excluding steroid dienone is 1. The number of nitrogens with two attached hydrogens (primary N) is 4. The van der Waals surface area contributed by atoms with Crippen molar-refractivity contribution in [1.82, 2.24) is 4.90 Å². The first kappa shape index (κ1) is 19.0. The number of nitrogens with zero attached hydrogens (tertiary/aromatic N) is 3.